The number of rotatable bonds is 3. The second-order valence-corrected chi connectivity index (χ2v) is 8.00. The molecule has 2 aromatic rings. The molecule has 0 radical (unpaired) electrons. The number of hydrogen-bond acceptors (Lipinski definition) is 5. The summed E-state index contributed by atoms with van der Waals surface area (Å²) in [6.45, 7) is 3.16. The lowest BCUT2D eigenvalue weighted by atomic mass is 9.94. The molecule has 1 amide bonds. The summed E-state index contributed by atoms with van der Waals surface area (Å²) < 4.78 is 7.40. The van der Waals surface area contributed by atoms with E-state index in [2.05, 4.69) is 19.9 Å². The van der Waals surface area contributed by atoms with E-state index in [1.165, 1.54) is 0 Å². The number of morpholine rings is 1. The highest BCUT2D eigenvalue weighted by Gasteiger charge is 2.43. The maximum absolute atomic E-state index is 12.9. The Morgan fingerprint density at radius 3 is 2.74 bits per heavy atom. The number of anilines is 1. The quantitative estimate of drug-likeness (QED) is 0.807. The second-order valence-electron chi connectivity index (χ2n) is 7.56. The van der Waals surface area contributed by atoms with Crippen LogP contribution in [0.5, 0.6) is 0 Å². The normalized spacial score (nSPS) is 25.4. The molecule has 3 aliphatic rings. The summed E-state index contributed by atoms with van der Waals surface area (Å²) in [5.41, 5.74) is 1.98. The van der Waals surface area contributed by atoms with Gasteiger partial charge in [-0.25, -0.2) is 4.68 Å². The average molecular weight is 388 g/mol. The number of carbonyl (C=O) groups excluding carboxylic acids is 1. The maximum atomic E-state index is 12.9. The topological polar surface area (TPSA) is 63.5 Å². The van der Waals surface area contributed by atoms with Crippen LogP contribution in [-0.4, -0.2) is 64.0 Å². The molecule has 0 unspecified atom stereocenters. The molecule has 2 bridgehead atoms. The highest BCUT2D eigenvalue weighted by atomic mass is 35.5. The monoisotopic (exact) mass is 387 g/mol. The predicted octanol–water partition coefficient (Wildman–Crippen LogP) is 2.14. The molecule has 0 aliphatic carbocycles. The number of halogens is 1. The van der Waals surface area contributed by atoms with Crippen LogP contribution in [0.15, 0.2) is 30.9 Å². The molecule has 0 saturated carbocycles. The number of fused-ring (bicyclic) bond motifs is 2. The maximum Gasteiger partial charge on any atom is 0.226 e. The van der Waals surface area contributed by atoms with Crippen LogP contribution >= 0.6 is 11.6 Å². The Hall–Kier alpha value is -2.12. The number of aromatic nitrogens is 3. The van der Waals surface area contributed by atoms with E-state index in [9.17, 15) is 4.79 Å². The van der Waals surface area contributed by atoms with E-state index in [0.29, 0.717) is 23.6 Å². The van der Waals surface area contributed by atoms with E-state index in [1.807, 2.05) is 12.3 Å². The zero-order valence-corrected chi connectivity index (χ0v) is 15.8. The van der Waals surface area contributed by atoms with Crippen molar-refractivity contribution in [3.05, 3.63) is 35.9 Å². The first kappa shape index (κ1) is 17.0. The van der Waals surface area contributed by atoms with Crippen LogP contribution in [0.2, 0.25) is 5.02 Å². The molecule has 5 heterocycles. The summed E-state index contributed by atoms with van der Waals surface area (Å²) in [4.78, 5) is 21.6. The molecule has 5 rings (SSSR count). The molecule has 2 atom stereocenters. The molecule has 27 heavy (non-hydrogen) atoms. The molecule has 7 nitrogen and oxygen atoms in total. The Balaban J connectivity index is 1.28. The molecule has 3 fully saturated rings. The Morgan fingerprint density at radius 1 is 1.22 bits per heavy atom. The second kappa shape index (κ2) is 6.80. The van der Waals surface area contributed by atoms with Crippen LogP contribution in [0.1, 0.15) is 19.3 Å². The van der Waals surface area contributed by atoms with E-state index in [-0.39, 0.29) is 12.0 Å². The van der Waals surface area contributed by atoms with Crippen molar-refractivity contribution < 1.29 is 9.53 Å². The molecule has 0 N–H and O–H groups in total. The number of piperidine rings is 1. The van der Waals surface area contributed by atoms with Crippen LogP contribution in [-0.2, 0) is 9.53 Å². The zero-order valence-electron chi connectivity index (χ0n) is 15.0. The van der Waals surface area contributed by atoms with Gasteiger partial charge in [0, 0.05) is 37.9 Å². The highest BCUT2D eigenvalue weighted by molar-refractivity contribution is 6.30. The van der Waals surface area contributed by atoms with Gasteiger partial charge >= 0.3 is 0 Å². The third-order valence-electron chi connectivity index (χ3n) is 5.94. The number of carbonyl (C=O) groups is 1. The fourth-order valence-electron chi connectivity index (χ4n) is 4.52. The van der Waals surface area contributed by atoms with E-state index in [4.69, 9.17) is 16.3 Å². The molecule has 2 aromatic heterocycles. The minimum absolute atomic E-state index is 0.111. The number of likely N-dealkylation sites (tertiary alicyclic amines) is 1. The smallest absolute Gasteiger partial charge is 0.226 e. The van der Waals surface area contributed by atoms with Crippen LogP contribution in [0.3, 0.4) is 0 Å². The molecule has 3 saturated heterocycles. The molecular formula is C19H22ClN5O2. The van der Waals surface area contributed by atoms with Crippen LogP contribution in [0, 0.1) is 5.92 Å². The summed E-state index contributed by atoms with van der Waals surface area (Å²) in [5, 5.41) is 4.92. The van der Waals surface area contributed by atoms with Gasteiger partial charge in [0.1, 0.15) is 0 Å². The van der Waals surface area contributed by atoms with Crippen molar-refractivity contribution in [1.29, 1.82) is 0 Å². The van der Waals surface area contributed by atoms with Gasteiger partial charge in [0.2, 0.25) is 5.91 Å². The molecule has 3 aliphatic heterocycles. The van der Waals surface area contributed by atoms with Crippen LogP contribution < -0.4 is 4.90 Å². The Kier molecular flexibility index (Phi) is 4.28. The Labute approximate surface area is 162 Å². The van der Waals surface area contributed by atoms with Gasteiger partial charge in [-0.05, 0) is 25.3 Å². The summed E-state index contributed by atoms with van der Waals surface area (Å²) >= 11 is 6.03. The SMILES string of the molecule is O=C(C1CCN(c2cnccc2-n2cc(Cl)cn2)CC1)N1C[C@@H]2C[C@H]1CO2. The van der Waals surface area contributed by atoms with Crippen molar-refractivity contribution in [1.82, 2.24) is 19.7 Å². The van der Waals surface area contributed by atoms with E-state index < -0.39 is 0 Å². The highest BCUT2D eigenvalue weighted by Crippen LogP contribution is 2.33. The first-order valence-corrected chi connectivity index (χ1v) is 9.88. The van der Waals surface area contributed by atoms with Gasteiger partial charge < -0.3 is 14.5 Å². The minimum Gasteiger partial charge on any atom is -0.374 e. The summed E-state index contributed by atoms with van der Waals surface area (Å²) in [6, 6.07) is 2.24. The molecular weight excluding hydrogens is 366 g/mol. The van der Waals surface area contributed by atoms with Crippen molar-refractivity contribution in [3.63, 3.8) is 0 Å². The van der Waals surface area contributed by atoms with Gasteiger partial charge in [-0.2, -0.15) is 5.10 Å². The molecule has 142 valence electrons. The lowest BCUT2D eigenvalue weighted by molar-refractivity contribution is -0.140. The standard InChI is InChI=1S/C19H22ClN5O2/c20-14-8-22-25(10-14)17-1-4-21-9-18(17)23-5-2-13(3-6-23)19(26)24-11-16-7-15(24)12-27-16/h1,4,8-10,13,15-16H,2-3,5-7,11-12H2/t15-,16-/m0/s1. The van der Waals surface area contributed by atoms with Crippen molar-refractivity contribution in [2.24, 2.45) is 5.92 Å². The lowest BCUT2D eigenvalue weighted by Gasteiger charge is -2.37. The van der Waals surface area contributed by atoms with E-state index >= 15 is 0 Å². The van der Waals surface area contributed by atoms with Gasteiger partial charge in [-0.1, -0.05) is 11.6 Å². The Morgan fingerprint density at radius 2 is 2.07 bits per heavy atom. The lowest BCUT2D eigenvalue weighted by Crippen LogP contribution is -2.47. The van der Waals surface area contributed by atoms with Gasteiger partial charge in [0.15, 0.2) is 0 Å². The van der Waals surface area contributed by atoms with Crippen molar-refractivity contribution >= 4 is 23.2 Å². The molecule has 0 aromatic carbocycles. The first-order valence-electron chi connectivity index (χ1n) is 9.50. The molecule has 0 spiro atoms. The van der Waals surface area contributed by atoms with Crippen LogP contribution in [0.4, 0.5) is 5.69 Å². The van der Waals surface area contributed by atoms with Crippen molar-refractivity contribution in [2.75, 3.05) is 31.1 Å². The summed E-state index contributed by atoms with van der Waals surface area (Å²) in [7, 11) is 0. The van der Waals surface area contributed by atoms with Gasteiger partial charge in [0.25, 0.3) is 0 Å². The predicted molar refractivity (Wildman–Crippen MR) is 101 cm³/mol. The van der Waals surface area contributed by atoms with Gasteiger partial charge in [-0.3, -0.25) is 9.78 Å². The number of pyridine rings is 1. The first-order chi connectivity index (χ1) is 13.2. The fourth-order valence-corrected chi connectivity index (χ4v) is 4.66. The number of hydrogen-bond donors (Lipinski definition) is 0. The number of ether oxygens (including phenoxy) is 1. The summed E-state index contributed by atoms with van der Waals surface area (Å²) in [6.07, 6.45) is 10.0. The largest absolute Gasteiger partial charge is 0.374 e. The Bertz CT molecular complexity index is 848. The third-order valence-corrected chi connectivity index (χ3v) is 6.14. The number of nitrogens with zero attached hydrogens (tertiary/aromatic N) is 5. The zero-order chi connectivity index (χ0) is 18.4. The van der Waals surface area contributed by atoms with E-state index in [0.717, 1.165) is 50.3 Å². The van der Waals surface area contributed by atoms with E-state index in [1.54, 1.807) is 23.3 Å². The third kappa shape index (κ3) is 3.08. The van der Waals surface area contributed by atoms with Crippen LogP contribution in [0.25, 0.3) is 5.69 Å². The van der Waals surface area contributed by atoms with Crippen molar-refractivity contribution in [2.45, 2.75) is 31.4 Å². The fraction of sp³-hybridized carbons (Fsp3) is 0.526. The summed E-state index contributed by atoms with van der Waals surface area (Å²) in [5.74, 6) is 0.426. The van der Waals surface area contributed by atoms with Crippen molar-refractivity contribution in [3.8, 4) is 5.69 Å². The minimum atomic E-state index is 0.111. The van der Waals surface area contributed by atoms with Gasteiger partial charge in [-0.15, -0.1) is 0 Å². The van der Waals surface area contributed by atoms with Gasteiger partial charge in [0.05, 0.1) is 47.5 Å². The number of amides is 1. The average Bonchev–Trinajstić information content (AvgIpc) is 3.45. The molecule has 8 heteroatoms.